The largest absolute Gasteiger partial charge is 0.493 e. The van der Waals surface area contributed by atoms with Crippen molar-refractivity contribution in [1.29, 1.82) is 0 Å². The van der Waals surface area contributed by atoms with E-state index in [1.165, 1.54) is 11.1 Å². The van der Waals surface area contributed by atoms with Gasteiger partial charge in [0.1, 0.15) is 5.75 Å². The van der Waals surface area contributed by atoms with E-state index in [9.17, 15) is 0 Å². The van der Waals surface area contributed by atoms with E-state index in [2.05, 4.69) is 24.3 Å². The number of hydrogen-bond acceptors (Lipinski definition) is 2. The second-order valence-corrected chi connectivity index (χ2v) is 5.70. The van der Waals surface area contributed by atoms with Crippen LogP contribution in [0.3, 0.4) is 0 Å². The van der Waals surface area contributed by atoms with Crippen molar-refractivity contribution in [3.8, 4) is 5.75 Å². The molecule has 1 aliphatic rings. The molecule has 20 heavy (non-hydrogen) atoms. The van der Waals surface area contributed by atoms with E-state index in [-0.39, 0.29) is 0 Å². The molecule has 2 nitrogen and oxygen atoms in total. The molecule has 0 aromatic heterocycles. The van der Waals surface area contributed by atoms with Crippen LogP contribution in [0.15, 0.2) is 48.5 Å². The van der Waals surface area contributed by atoms with Crippen molar-refractivity contribution >= 4 is 11.6 Å². The van der Waals surface area contributed by atoms with Crippen molar-refractivity contribution in [2.75, 3.05) is 13.2 Å². The highest BCUT2D eigenvalue weighted by atomic mass is 35.5. The fraction of sp³-hybridized carbons (Fsp3) is 0.294. The van der Waals surface area contributed by atoms with Gasteiger partial charge in [-0.25, -0.2) is 0 Å². The Bertz CT molecular complexity index is 582. The van der Waals surface area contributed by atoms with Crippen LogP contribution in [0.2, 0.25) is 5.02 Å². The first-order valence-electron chi connectivity index (χ1n) is 6.95. The molecule has 0 spiro atoms. The van der Waals surface area contributed by atoms with Crippen LogP contribution in [0, 0.1) is 0 Å². The summed E-state index contributed by atoms with van der Waals surface area (Å²) in [5.41, 5.74) is 8.52. The monoisotopic (exact) mass is 287 g/mol. The first kappa shape index (κ1) is 13.5. The van der Waals surface area contributed by atoms with Crippen LogP contribution in [0.5, 0.6) is 5.75 Å². The highest BCUT2D eigenvalue weighted by molar-refractivity contribution is 6.30. The third-order valence-corrected chi connectivity index (χ3v) is 4.25. The summed E-state index contributed by atoms with van der Waals surface area (Å²) in [7, 11) is 0. The average molecular weight is 288 g/mol. The number of rotatable bonds is 4. The minimum absolute atomic E-state index is 0.340. The Morgan fingerprint density at radius 2 is 1.90 bits per heavy atom. The summed E-state index contributed by atoms with van der Waals surface area (Å²) < 4.78 is 5.75. The van der Waals surface area contributed by atoms with Crippen molar-refractivity contribution in [2.24, 2.45) is 5.73 Å². The molecule has 104 valence electrons. The van der Waals surface area contributed by atoms with Crippen LogP contribution < -0.4 is 10.5 Å². The van der Waals surface area contributed by atoms with E-state index in [0.29, 0.717) is 18.4 Å². The van der Waals surface area contributed by atoms with Crippen molar-refractivity contribution in [3.05, 3.63) is 64.7 Å². The second kappa shape index (κ2) is 5.86. The Kier molecular flexibility index (Phi) is 3.95. The van der Waals surface area contributed by atoms with E-state index in [1.807, 2.05) is 24.3 Å². The van der Waals surface area contributed by atoms with Crippen LogP contribution in [0.1, 0.15) is 29.4 Å². The molecule has 3 heteroatoms. The standard InChI is InChI=1S/C17H18ClNO/c18-15-7-5-12(6-8-15)13(10-19)9-14-11-20-17-4-2-1-3-16(14)17/h1-8,13-14H,9-11,19H2. The van der Waals surface area contributed by atoms with Crippen LogP contribution in [-0.2, 0) is 0 Å². The zero-order chi connectivity index (χ0) is 13.9. The summed E-state index contributed by atoms with van der Waals surface area (Å²) in [6, 6.07) is 16.3. The van der Waals surface area contributed by atoms with Gasteiger partial charge in [-0.2, -0.15) is 0 Å². The van der Waals surface area contributed by atoms with E-state index in [4.69, 9.17) is 22.1 Å². The first-order chi connectivity index (χ1) is 9.78. The maximum Gasteiger partial charge on any atom is 0.122 e. The Labute approximate surface area is 124 Å². The van der Waals surface area contributed by atoms with Crippen LogP contribution in [0.4, 0.5) is 0 Å². The molecule has 2 aromatic rings. The summed E-state index contributed by atoms with van der Waals surface area (Å²) in [5.74, 6) is 1.78. The van der Waals surface area contributed by atoms with Crippen molar-refractivity contribution < 1.29 is 4.74 Å². The lowest BCUT2D eigenvalue weighted by Gasteiger charge is -2.19. The fourth-order valence-corrected chi connectivity index (χ4v) is 3.00. The van der Waals surface area contributed by atoms with Gasteiger partial charge in [-0.15, -0.1) is 0 Å². The van der Waals surface area contributed by atoms with Crippen molar-refractivity contribution in [3.63, 3.8) is 0 Å². The normalized spacial score (nSPS) is 18.4. The minimum Gasteiger partial charge on any atom is -0.493 e. The summed E-state index contributed by atoms with van der Waals surface area (Å²) in [6.07, 6.45) is 1.01. The minimum atomic E-state index is 0.340. The Morgan fingerprint density at radius 1 is 1.15 bits per heavy atom. The SMILES string of the molecule is NCC(CC1COc2ccccc21)c1ccc(Cl)cc1. The summed E-state index contributed by atoms with van der Waals surface area (Å²) >= 11 is 5.95. The van der Waals surface area contributed by atoms with Crippen molar-refractivity contribution in [2.45, 2.75) is 18.3 Å². The molecule has 0 saturated carbocycles. The molecular weight excluding hydrogens is 270 g/mol. The van der Waals surface area contributed by atoms with Gasteiger partial charge in [0.25, 0.3) is 0 Å². The molecule has 2 atom stereocenters. The lowest BCUT2D eigenvalue weighted by Crippen LogP contribution is -2.16. The Morgan fingerprint density at radius 3 is 2.65 bits per heavy atom. The highest BCUT2D eigenvalue weighted by Crippen LogP contribution is 2.39. The molecule has 0 aliphatic carbocycles. The number of hydrogen-bond donors (Lipinski definition) is 1. The number of halogens is 1. The predicted octanol–water partition coefficient (Wildman–Crippen LogP) is 3.95. The van der Waals surface area contributed by atoms with E-state index in [0.717, 1.165) is 23.8 Å². The number of ether oxygens (including phenoxy) is 1. The van der Waals surface area contributed by atoms with Gasteiger partial charge in [-0.1, -0.05) is 41.9 Å². The molecule has 2 unspecified atom stereocenters. The Hall–Kier alpha value is -1.51. The molecule has 3 rings (SSSR count). The highest BCUT2D eigenvalue weighted by Gasteiger charge is 2.26. The molecule has 2 N–H and O–H groups in total. The van der Waals surface area contributed by atoms with Crippen LogP contribution in [0.25, 0.3) is 0 Å². The zero-order valence-corrected chi connectivity index (χ0v) is 12.0. The molecule has 0 radical (unpaired) electrons. The number of benzene rings is 2. The average Bonchev–Trinajstić information content (AvgIpc) is 2.89. The van der Waals surface area contributed by atoms with Gasteiger partial charge < -0.3 is 10.5 Å². The molecule has 0 bridgehead atoms. The zero-order valence-electron chi connectivity index (χ0n) is 11.3. The van der Waals surface area contributed by atoms with Gasteiger partial charge in [0.05, 0.1) is 6.61 Å². The van der Waals surface area contributed by atoms with Crippen LogP contribution >= 0.6 is 11.6 Å². The summed E-state index contributed by atoms with van der Waals surface area (Å²) in [6.45, 7) is 1.39. The van der Waals surface area contributed by atoms with Gasteiger partial charge in [0, 0.05) is 16.5 Å². The molecule has 1 aliphatic heterocycles. The lowest BCUT2D eigenvalue weighted by molar-refractivity contribution is 0.319. The fourth-order valence-electron chi connectivity index (χ4n) is 2.87. The number of nitrogens with two attached hydrogens (primary N) is 1. The van der Waals surface area contributed by atoms with Gasteiger partial charge in [0.15, 0.2) is 0 Å². The van der Waals surface area contributed by atoms with Gasteiger partial charge in [0.2, 0.25) is 0 Å². The molecule has 1 heterocycles. The Balaban J connectivity index is 1.78. The van der Waals surface area contributed by atoms with Gasteiger partial charge in [-0.05, 0) is 42.6 Å². The van der Waals surface area contributed by atoms with Crippen LogP contribution in [-0.4, -0.2) is 13.2 Å². The first-order valence-corrected chi connectivity index (χ1v) is 7.33. The summed E-state index contributed by atoms with van der Waals surface area (Å²) in [4.78, 5) is 0. The lowest BCUT2D eigenvalue weighted by atomic mass is 9.86. The number of para-hydroxylation sites is 1. The third-order valence-electron chi connectivity index (χ3n) is 3.99. The maximum absolute atomic E-state index is 5.97. The topological polar surface area (TPSA) is 35.2 Å². The quantitative estimate of drug-likeness (QED) is 0.924. The molecule has 0 saturated heterocycles. The van der Waals surface area contributed by atoms with Gasteiger partial charge >= 0.3 is 0 Å². The molecule has 0 amide bonds. The van der Waals surface area contributed by atoms with E-state index in [1.54, 1.807) is 0 Å². The van der Waals surface area contributed by atoms with E-state index < -0.39 is 0 Å². The molecular formula is C17H18ClNO. The predicted molar refractivity (Wildman–Crippen MR) is 82.5 cm³/mol. The number of fused-ring (bicyclic) bond motifs is 1. The smallest absolute Gasteiger partial charge is 0.122 e. The molecule has 0 fully saturated rings. The molecule has 2 aromatic carbocycles. The van der Waals surface area contributed by atoms with Crippen molar-refractivity contribution in [1.82, 2.24) is 0 Å². The third kappa shape index (κ3) is 2.67. The van der Waals surface area contributed by atoms with Gasteiger partial charge in [-0.3, -0.25) is 0 Å². The summed E-state index contributed by atoms with van der Waals surface area (Å²) in [5, 5.41) is 0.763. The maximum atomic E-state index is 5.97. The van der Waals surface area contributed by atoms with E-state index >= 15 is 0 Å². The second-order valence-electron chi connectivity index (χ2n) is 5.27.